The molecule has 6 rings (SSSR count). The number of nitrogens with zero attached hydrogens (tertiary/aromatic N) is 2. The topological polar surface area (TPSA) is 185 Å². The monoisotopic (exact) mass is 529 g/mol. The number of hydrogen-bond donors (Lipinski definition) is 5. The molecule has 0 aliphatic heterocycles. The molecule has 198 valence electrons. The van der Waals surface area contributed by atoms with Crippen LogP contribution in [0.5, 0.6) is 28.7 Å². The molecule has 0 saturated carbocycles. The van der Waals surface area contributed by atoms with Gasteiger partial charge in [0.15, 0.2) is 5.78 Å². The van der Waals surface area contributed by atoms with Crippen molar-refractivity contribution in [3.05, 3.63) is 67.6 Å². The summed E-state index contributed by atoms with van der Waals surface area (Å²) in [6.07, 6.45) is 2.10. The summed E-state index contributed by atoms with van der Waals surface area (Å²) in [7, 11) is 1.31. The van der Waals surface area contributed by atoms with Crippen molar-refractivity contribution in [3.63, 3.8) is 0 Å². The van der Waals surface area contributed by atoms with Crippen LogP contribution in [0, 0.1) is 6.92 Å². The molecule has 0 atom stereocenters. The zero-order valence-electron chi connectivity index (χ0n) is 21.0. The minimum absolute atomic E-state index is 0.0207. The summed E-state index contributed by atoms with van der Waals surface area (Å²) in [4.78, 5) is 40.5. The molecule has 0 spiro atoms. The number of phenols is 4. The zero-order chi connectivity index (χ0) is 27.9. The highest BCUT2D eigenvalue weighted by atomic mass is 16.5. The molecule has 2 aliphatic carbocycles. The molecule has 0 amide bonds. The first-order valence-electron chi connectivity index (χ1n) is 12.2. The average molecular weight is 530 g/mol. The Balaban J connectivity index is 1.71. The van der Waals surface area contributed by atoms with E-state index in [1.165, 1.54) is 20.2 Å². The van der Waals surface area contributed by atoms with Crippen LogP contribution in [0.1, 0.15) is 48.5 Å². The maximum Gasteiger partial charge on any atom is 0.278 e. The molecule has 0 saturated heterocycles. The van der Waals surface area contributed by atoms with Crippen LogP contribution in [0.2, 0.25) is 0 Å². The molecule has 11 heteroatoms. The highest BCUT2D eigenvalue weighted by Crippen LogP contribution is 2.54. The summed E-state index contributed by atoms with van der Waals surface area (Å²) in [6, 6.07) is 2.77. The van der Waals surface area contributed by atoms with E-state index in [1.807, 2.05) is 0 Å². The van der Waals surface area contributed by atoms with Crippen LogP contribution in [0.25, 0.3) is 21.9 Å². The first kappa shape index (κ1) is 24.4. The molecule has 11 nitrogen and oxygen atoms in total. The number of aromatic nitrogens is 2. The Bertz CT molecular complexity index is 1870. The summed E-state index contributed by atoms with van der Waals surface area (Å²) in [5.41, 5.74) is 5.05. The molecule has 2 aliphatic rings. The first-order valence-corrected chi connectivity index (χ1v) is 12.2. The van der Waals surface area contributed by atoms with Gasteiger partial charge in [0.05, 0.1) is 41.9 Å². The minimum Gasteiger partial charge on any atom is -0.508 e. The van der Waals surface area contributed by atoms with Crippen molar-refractivity contribution in [1.82, 2.24) is 9.78 Å². The van der Waals surface area contributed by atoms with Gasteiger partial charge in [0.25, 0.3) is 5.56 Å². The molecule has 0 radical (unpaired) electrons. The van der Waals surface area contributed by atoms with E-state index in [0.717, 1.165) is 10.7 Å². The van der Waals surface area contributed by atoms with Gasteiger partial charge in [-0.1, -0.05) is 0 Å². The van der Waals surface area contributed by atoms with Crippen LogP contribution in [-0.2, 0) is 19.4 Å². The number of benzene rings is 3. The molecule has 4 aromatic rings. The third-order valence-corrected chi connectivity index (χ3v) is 7.62. The van der Waals surface area contributed by atoms with E-state index in [1.54, 1.807) is 6.07 Å². The molecule has 0 unspecified atom stereocenters. The number of ether oxygens (including phenoxy) is 1. The van der Waals surface area contributed by atoms with Crippen molar-refractivity contribution in [2.45, 2.75) is 26.3 Å². The lowest BCUT2D eigenvalue weighted by Gasteiger charge is -2.29. The summed E-state index contributed by atoms with van der Waals surface area (Å²) >= 11 is 0. The Hall–Kier alpha value is -4.90. The molecule has 1 aromatic heterocycles. The van der Waals surface area contributed by atoms with E-state index in [4.69, 9.17) is 10.5 Å². The predicted molar refractivity (Wildman–Crippen MR) is 139 cm³/mol. The SMILES string of the molecule is COc1c2c(c(O)c3c1C(=O)c1c(cc(O)c(C)c1O)C3=O)-c1c(cc3cnn(CCN)c(=O)c3c1O)CC2. The lowest BCUT2D eigenvalue weighted by atomic mass is 9.75. The second kappa shape index (κ2) is 8.30. The van der Waals surface area contributed by atoms with E-state index in [0.29, 0.717) is 22.9 Å². The Morgan fingerprint density at radius 3 is 2.36 bits per heavy atom. The second-order valence-corrected chi connectivity index (χ2v) is 9.62. The molecule has 39 heavy (non-hydrogen) atoms. The van der Waals surface area contributed by atoms with Crippen LogP contribution in [0.4, 0.5) is 0 Å². The maximum atomic E-state index is 13.7. The summed E-state index contributed by atoms with van der Waals surface area (Å²) in [6.45, 7) is 1.68. The van der Waals surface area contributed by atoms with Crippen molar-refractivity contribution in [1.29, 1.82) is 0 Å². The van der Waals surface area contributed by atoms with Crippen LogP contribution >= 0.6 is 0 Å². The fourth-order valence-electron chi connectivity index (χ4n) is 5.76. The number of ketones is 2. The molecule has 1 heterocycles. The van der Waals surface area contributed by atoms with Crippen molar-refractivity contribution in [2.24, 2.45) is 5.73 Å². The first-order chi connectivity index (χ1) is 18.6. The molecular formula is C28H23N3O8. The number of fused-ring (bicyclic) bond motifs is 6. The van der Waals surface area contributed by atoms with Crippen LogP contribution < -0.4 is 16.0 Å². The van der Waals surface area contributed by atoms with Crippen LogP contribution in [-0.4, -0.2) is 55.4 Å². The van der Waals surface area contributed by atoms with Crippen LogP contribution in [0.15, 0.2) is 23.1 Å². The molecule has 0 bridgehead atoms. The molecule has 0 fully saturated rings. The van der Waals surface area contributed by atoms with Crippen molar-refractivity contribution < 1.29 is 34.8 Å². The smallest absolute Gasteiger partial charge is 0.278 e. The van der Waals surface area contributed by atoms with Gasteiger partial charge in [0, 0.05) is 39.7 Å². The van der Waals surface area contributed by atoms with Crippen LogP contribution in [0.3, 0.4) is 0 Å². The Morgan fingerprint density at radius 2 is 1.67 bits per heavy atom. The van der Waals surface area contributed by atoms with Gasteiger partial charge in [-0.05, 0) is 37.5 Å². The van der Waals surface area contributed by atoms with Crippen molar-refractivity contribution >= 4 is 22.3 Å². The third kappa shape index (κ3) is 3.07. The summed E-state index contributed by atoms with van der Waals surface area (Å²) in [5.74, 6) is -3.45. The quantitative estimate of drug-likeness (QED) is 0.232. The number of phenolic OH excluding ortho intramolecular Hbond substituents is 4. The van der Waals surface area contributed by atoms with Gasteiger partial charge in [0.2, 0.25) is 5.78 Å². The Morgan fingerprint density at radius 1 is 0.923 bits per heavy atom. The van der Waals surface area contributed by atoms with E-state index >= 15 is 0 Å². The molecular weight excluding hydrogens is 506 g/mol. The Kier molecular flexibility index (Phi) is 5.20. The zero-order valence-corrected chi connectivity index (χ0v) is 21.0. The van der Waals surface area contributed by atoms with Crippen molar-refractivity contribution in [3.8, 4) is 39.9 Å². The van der Waals surface area contributed by atoms with Gasteiger partial charge in [-0.3, -0.25) is 14.4 Å². The highest BCUT2D eigenvalue weighted by molar-refractivity contribution is 6.32. The lowest BCUT2D eigenvalue weighted by molar-refractivity contribution is 0.0971. The van der Waals surface area contributed by atoms with Gasteiger partial charge in [0.1, 0.15) is 28.7 Å². The molecule has 3 aromatic carbocycles. The maximum absolute atomic E-state index is 13.7. The van der Waals surface area contributed by atoms with Gasteiger partial charge >= 0.3 is 0 Å². The van der Waals surface area contributed by atoms with E-state index in [9.17, 15) is 34.8 Å². The molecule has 6 N–H and O–H groups in total. The van der Waals surface area contributed by atoms with Gasteiger partial charge in [-0.25, -0.2) is 4.68 Å². The summed E-state index contributed by atoms with van der Waals surface area (Å²) < 4.78 is 6.75. The minimum atomic E-state index is -0.814. The lowest BCUT2D eigenvalue weighted by Crippen LogP contribution is -2.27. The normalized spacial score (nSPS) is 13.6. The van der Waals surface area contributed by atoms with Crippen molar-refractivity contribution in [2.75, 3.05) is 13.7 Å². The van der Waals surface area contributed by atoms with Gasteiger partial charge in [-0.2, -0.15) is 5.10 Å². The fraction of sp³-hybridized carbons (Fsp3) is 0.214. The fourth-order valence-corrected chi connectivity index (χ4v) is 5.76. The predicted octanol–water partition coefficient (Wildman–Crippen LogP) is 2.04. The number of carbonyl (C=O) groups excluding carboxylic acids is 2. The van der Waals surface area contributed by atoms with E-state index in [-0.39, 0.29) is 69.6 Å². The number of aromatic hydroxyl groups is 4. The Labute approximate surface area is 220 Å². The number of aryl methyl sites for hydroxylation is 1. The average Bonchev–Trinajstić information content (AvgIpc) is 2.91. The largest absolute Gasteiger partial charge is 0.508 e. The number of methoxy groups -OCH3 is 1. The number of nitrogens with two attached hydrogens (primary N) is 1. The van der Waals surface area contributed by atoms with Gasteiger partial charge in [-0.15, -0.1) is 0 Å². The number of carbonyl (C=O) groups is 2. The highest BCUT2D eigenvalue weighted by Gasteiger charge is 2.42. The van der Waals surface area contributed by atoms with Gasteiger partial charge < -0.3 is 30.9 Å². The van der Waals surface area contributed by atoms with E-state index in [2.05, 4.69) is 5.10 Å². The number of hydrogen-bond acceptors (Lipinski definition) is 10. The van der Waals surface area contributed by atoms with E-state index < -0.39 is 40.1 Å². The standard InChI is InChI=1S/C28H23N3O8/c1-10-15(32)8-14-19(22(10)33)26(37)21-20(23(14)34)25(36)18-13(27(21)39-2)4-3-11-7-12-9-30-31(6-5-29)28(38)17(12)24(35)16(11)18/h7-9,32-33,35-36H,3-6,29H2,1-2H3. The third-order valence-electron chi connectivity index (χ3n) is 7.62. The second-order valence-electron chi connectivity index (χ2n) is 9.62. The summed E-state index contributed by atoms with van der Waals surface area (Å²) in [5, 5.41) is 48.4. The number of rotatable bonds is 3.